The molecule has 0 radical (unpaired) electrons. The normalized spacial score (nSPS) is 10.2. The standard InChI is InChI=1S/C15H17N3O2S/c1-11(19)9-18(2)14-13(21-10-17-14)15(20)16-8-12-6-4-3-5-7-12/h3-7,10H,8-9H2,1-2H3,(H,16,20). The van der Waals surface area contributed by atoms with Crippen molar-refractivity contribution < 1.29 is 9.59 Å². The SMILES string of the molecule is CC(=O)CN(C)c1ncsc1C(=O)NCc1ccccc1. The maximum absolute atomic E-state index is 12.2. The summed E-state index contributed by atoms with van der Waals surface area (Å²) in [6, 6.07) is 9.70. The number of benzene rings is 1. The second-order valence-corrected chi connectivity index (χ2v) is 5.59. The number of nitrogens with zero attached hydrogens (tertiary/aromatic N) is 2. The number of amides is 1. The first-order valence-corrected chi connectivity index (χ1v) is 7.42. The molecule has 2 rings (SSSR count). The summed E-state index contributed by atoms with van der Waals surface area (Å²) in [6.45, 7) is 2.22. The van der Waals surface area contributed by atoms with Crippen LogP contribution in [0.4, 0.5) is 5.82 Å². The van der Waals surface area contributed by atoms with Crippen LogP contribution in [0.2, 0.25) is 0 Å². The topological polar surface area (TPSA) is 62.3 Å². The molecule has 110 valence electrons. The van der Waals surface area contributed by atoms with Gasteiger partial charge in [0.25, 0.3) is 5.91 Å². The van der Waals surface area contributed by atoms with Crippen molar-refractivity contribution in [2.24, 2.45) is 0 Å². The Morgan fingerprint density at radius 1 is 1.29 bits per heavy atom. The average molecular weight is 303 g/mol. The Labute approximate surface area is 127 Å². The summed E-state index contributed by atoms with van der Waals surface area (Å²) in [4.78, 5) is 29.8. The van der Waals surface area contributed by atoms with Gasteiger partial charge in [-0.2, -0.15) is 0 Å². The van der Waals surface area contributed by atoms with Crippen LogP contribution in [0.25, 0.3) is 0 Å². The van der Waals surface area contributed by atoms with E-state index < -0.39 is 0 Å². The molecule has 0 aliphatic heterocycles. The van der Waals surface area contributed by atoms with Crippen molar-refractivity contribution in [3.05, 3.63) is 46.3 Å². The van der Waals surface area contributed by atoms with E-state index in [0.717, 1.165) is 5.56 Å². The van der Waals surface area contributed by atoms with Crippen molar-refractivity contribution in [2.45, 2.75) is 13.5 Å². The summed E-state index contributed by atoms with van der Waals surface area (Å²) in [6.07, 6.45) is 0. The monoisotopic (exact) mass is 303 g/mol. The number of hydrogen-bond donors (Lipinski definition) is 1. The fourth-order valence-corrected chi connectivity index (χ4v) is 2.69. The van der Waals surface area contributed by atoms with Gasteiger partial charge in [0.05, 0.1) is 12.1 Å². The lowest BCUT2D eigenvalue weighted by Crippen LogP contribution is -2.28. The number of thiazole rings is 1. The summed E-state index contributed by atoms with van der Waals surface area (Å²) in [5.41, 5.74) is 2.65. The van der Waals surface area contributed by atoms with E-state index in [1.54, 1.807) is 17.5 Å². The van der Waals surface area contributed by atoms with E-state index in [1.165, 1.54) is 18.3 Å². The van der Waals surface area contributed by atoms with E-state index in [1.807, 2.05) is 30.3 Å². The van der Waals surface area contributed by atoms with Crippen LogP contribution in [0, 0.1) is 0 Å². The highest BCUT2D eigenvalue weighted by atomic mass is 32.1. The van der Waals surface area contributed by atoms with Gasteiger partial charge in [-0.1, -0.05) is 30.3 Å². The Bertz CT molecular complexity index is 625. The van der Waals surface area contributed by atoms with E-state index in [-0.39, 0.29) is 18.2 Å². The molecule has 0 atom stereocenters. The summed E-state index contributed by atoms with van der Waals surface area (Å²) in [5, 5.41) is 2.87. The molecule has 1 N–H and O–H groups in total. The third kappa shape index (κ3) is 4.13. The first kappa shape index (κ1) is 15.2. The van der Waals surface area contributed by atoms with Crippen molar-refractivity contribution in [1.29, 1.82) is 0 Å². The molecule has 5 nitrogen and oxygen atoms in total. The van der Waals surface area contributed by atoms with E-state index in [2.05, 4.69) is 10.3 Å². The van der Waals surface area contributed by atoms with Crippen molar-refractivity contribution in [3.63, 3.8) is 0 Å². The van der Waals surface area contributed by atoms with E-state index in [0.29, 0.717) is 17.2 Å². The van der Waals surface area contributed by atoms with Gasteiger partial charge in [-0.15, -0.1) is 11.3 Å². The van der Waals surface area contributed by atoms with Crippen LogP contribution < -0.4 is 10.2 Å². The highest BCUT2D eigenvalue weighted by molar-refractivity contribution is 7.12. The number of rotatable bonds is 6. The van der Waals surface area contributed by atoms with Gasteiger partial charge in [0.1, 0.15) is 10.7 Å². The van der Waals surface area contributed by atoms with E-state index in [9.17, 15) is 9.59 Å². The molecule has 0 saturated heterocycles. The van der Waals surface area contributed by atoms with Crippen LogP contribution in [0.5, 0.6) is 0 Å². The zero-order valence-corrected chi connectivity index (χ0v) is 12.8. The molecule has 0 aliphatic rings. The third-order valence-electron chi connectivity index (χ3n) is 2.87. The molecule has 0 unspecified atom stereocenters. The molecule has 0 bridgehead atoms. The minimum Gasteiger partial charge on any atom is -0.351 e. The molecule has 1 aromatic carbocycles. The molecular weight excluding hydrogens is 286 g/mol. The highest BCUT2D eigenvalue weighted by Gasteiger charge is 2.18. The minimum absolute atomic E-state index is 0.0288. The first-order chi connectivity index (χ1) is 10.1. The fourth-order valence-electron chi connectivity index (χ4n) is 1.93. The molecular formula is C15H17N3O2S. The average Bonchev–Trinajstić information content (AvgIpc) is 2.95. The predicted molar refractivity (Wildman–Crippen MR) is 83.7 cm³/mol. The molecule has 1 heterocycles. The summed E-state index contributed by atoms with van der Waals surface area (Å²) >= 11 is 1.27. The maximum Gasteiger partial charge on any atom is 0.265 e. The molecule has 1 amide bonds. The lowest BCUT2D eigenvalue weighted by Gasteiger charge is -2.16. The summed E-state index contributed by atoms with van der Waals surface area (Å²) in [5.74, 6) is 0.397. The van der Waals surface area contributed by atoms with Crippen molar-refractivity contribution in [1.82, 2.24) is 10.3 Å². The lowest BCUT2D eigenvalue weighted by molar-refractivity contribution is -0.115. The molecule has 1 aromatic heterocycles. The van der Waals surface area contributed by atoms with Crippen LogP contribution in [0.3, 0.4) is 0 Å². The maximum atomic E-state index is 12.2. The number of nitrogens with one attached hydrogen (secondary N) is 1. The number of Topliss-reactive ketones (excluding diaryl/α,β-unsaturated/α-hetero) is 1. The van der Waals surface area contributed by atoms with Gasteiger partial charge >= 0.3 is 0 Å². The predicted octanol–water partition coefficient (Wildman–Crippen LogP) is 2.10. The number of carbonyl (C=O) groups is 2. The van der Waals surface area contributed by atoms with Crippen LogP contribution in [-0.4, -0.2) is 30.3 Å². The van der Waals surface area contributed by atoms with Crippen molar-refractivity contribution in [3.8, 4) is 0 Å². The molecule has 0 fully saturated rings. The van der Waals surface area contributed by atoms with Gasteiger partial charge < -0.3 is 10.2 Å². The Morgan fingerprint density at radius 3 is 2.67 bits per heavy atom. The molecule has 6 heteroatoms. The van der Waals surface area contributed by atoms with Crippen molar-refractivity contribution >= 4 is 28.8 Å². The zero-order chi connectivity index (χ0) is 15.2. The molecule has 21 heavy (non-hydrogen) atoms. The molecule has 2 aromatic rings. The number of aromatic nitrogens is 1. The van der Waals surface area contributed by atoms with E-state index in [4.69, 9.17) is 0 Å². The number of hydrogen-bond acceptors (Lipinski definition) is 5. The second-order valence-electron chi connectivity index (χ2n) is 4.73. The Morgan fingerprint density at radius 2 is 2.00 bits per heavy atom. The van der Waals surface area contributed by atoms with Crippen molar-refractivity contribution in [2.75, 3.05) is 18.5 Å². The summed E-state index contributed by atoms with van der Waals surface area (Å²) in [7, 11) is 1.75. The van der Waals surface area contributed by atoms with Gasteiger partial charge in [-0.3, -0.25) is 9.59 Å². The Kier molecular flexibility index (Phi) is 5.05. The number of ketones is 1. The molecule has 0 aliphatic carbocycles. The Hall–Kier alpha value is -2.21. The molecule has 0 saturated carbocycles. The second kappa shape index (κ2) is 6.99. The quantitative estimate of drug-likeness (QED) is 0.887. The first-order valence-electron chi connectivity index (χ1n) is 6.54. The van der Waals surface area contributed by atoms with Crippen LogP contribution in [0.15, 0.2) is 35.8 Å². The molecule has 0 spiro atoms. The highest BCUT2D eigenvalue weighted by Crippen LogP contribution is 2.21. The largest absolute Gasteiger partial charge is 0.351 e. The van der Waals surface area contributed by atoms with Gasteiger partial charge in [-0.05, 0) is 12.5 Å². The van der Waals surface area contributed by atoms with Gasteiger partial charge in [-0.25, -0.2) is 4.98 Å². The van der Waals surface area contributed by atoms with Gasteiger partial charge in [0.2, 0.25) is 0 Å². The smallest absolute Gasteiger partial charge is 0.265 e. The minimum atomic E-state index is -0.174. The third-order valence-corrected chi connectivity index (χ3v) is 3.69. The van der Waals surface area contributed by atoms with Crippen LogP contribution in [0.1, 0.15) is 22.2 Å². The van der Waals surface area contributed by atoms with Crippen LogP contribution >= 0.6 is 11.3 Å². The lowest BCUT2D eigenvalue weighted by atomic mass is 10.2. The zero-order valence-electron chi connectivity index (χ0n) is 12.0. The number of carbonyl (C=O) groups excluding carboxylic acids is 2. The Balaban J connectivity index is 2.03. The summed E-state index contributed by atoms with van der Waals surface area (Å²) < 4.78 is 0. The van der Waals surface area contributed by atoms with Crippen LogP contribution in [-0.2, 0) is 11.3 Å². The number of anilines is 1. The van der Waals surface area contributed by atoms with E-state index >= 15 is 0 Å². The van der Waals surface area contributed by atoms with Gasteiger partial charge in [0.15, 0.2) is 5.82 Å². The fraction of sp³-hybridized carbons (Fsp3) is 0.267. The number of likely N-dealkylation sites (N-methyl/N-ethyl adjacent to an activating group) is 1. The van der Waals surface area contributed by atoms with Gasteiger partial charge in [0, 0.05) is 13.6 Å².